The Labute approximate surface area is 103 Å². The van der Waals surface area contributed by atoms with Crippen LogP contribution in [0.25, 0.3) is 0 Å². The van der Waals surface area contributed by atoms with Gasteiger partial charge in [-0.2, -0.15) is 11.8 Å². The van der Waals surface area contributed by atoms with Crippen LogP contribution in [0.3, 0.4) is 0 Å². The fourth-order valence-electron chi connectivity index (χ4n) is 1.01. The Morgan fingerprint density at radius 1 is 1.53 bits per heavy atom. The lowest BCUT2D eigenvalue weighted by molar-refractivity contribution is 0.752. The maximum absolute atomic E-state index is 5.83. The first kappa shape index (κ1) is 12.6. The van der Waals surface area contributed by atoms with Crippen molar-refractivity contribution in [1.82, 2.24) is 4.98 Å². The second kappa shape index (κ2) is 5.07. The molecule has 0 fully saturated rings. The Kier molecular flexibility index (Phi) is 4.28. The molecule has 0 aromatic carbocycles. The van der Waals surface area contributed by atoms with Crippen LogP contribution in [0, 0.1) is 0 Å². The van der Waals surface area contributed by atoms with Gasteiger partial charge in [0.15, 0.2) is 0 Å². The molecule has 3 nitrogen and oxygen atoms in total. The van der Waals surface area contributed by atoms with Gasteiger partial charge in [0.25, 0.3) is 0 Å². The predicted octanol–water partition coefficient (Wildman–Crippen LogP) is 2.98. The molecule has 0 aliphatic heterocycles. The maximum atomic E-state index is 5.83. The number of rotatable bonds is 4. The lowest BCUT2D eigenvalue weighted by Gasteiger charge is -2.23. The smallest absolute Gasteiger partial charge is 0.0750 e. The third kappa shape index (κ3) is 3.57. The standard InChI is InChI=1S/C10H16BrN3S/c1-10(2,15-3)6-14-9-7(11)4-13-5-8(9)12/h4-5H,6,12H2,1-3H3,(H,13,14). The third-order valence-corrected chi connectivity index (χ3v) is 4.02. The van der Waals surface area contributed by atoms with Gasteiger partial charge in [-0.3, -0.25) is 4.98 Å². The van der Waals surface area contributed by atoms with E-state index in [2.05, 4.69) is 46.3 Å². The lowest BCUT2D eigenvalue weighted by atomic mass is 10.2. The average Bonchev–Trinajstić information content (AvgIpc) is 2.17. The predicted molar refractivity (Wildman–Crippen MR) is 72.4 cm³/mol. The lowest BCUT2D eigenvalue weighted by Crippen LogP contribution is -2.26. The van der Waals surface area contributed by atoms with Crippen LogP contribution in [0.15, 0.2) is 16.9 Å². The molecule has 3 N–H and O–H groups in total. The summed E-state index contributed by atoms with van der Waals surface area (Å²) in [7, 11) is 0. The van der Waals surface area contributed by atoms with Crippen molar-refractivity contribution in [3.05, 3.63) is 16.9 Å². The van der Waals surface area contributed by atoms with Gasteiger partial charge in [-0.25, -0.2) is 0 Å². The highest BCUT2D eigenvalue weighted by atomic mass is 79.9. The molecule has 15 heavy (non-hydrogen) atoms. The van der Waals surface area contributed by atoms with Crippen molar-refractivity contribution < 1.29 is 0 Å². The molecule has 0 spiro atoms. The van der Waals surface area contributed by atoms with Gasteiger partial charge in [-0.05, 0) is 36.0 Å². The average molecular weight is 290 g/mol. The normalized spacial score (nSPS) is 11.5. The van der Waals surface area contributed by atoms with E-state index >= 15 is 0 Å². The molecule has 0 aliphatic carbocycles. The number of nitrogens with one attached hydrogen (secondary N) is 1. The fourth-order valence-corrected chi connectivity index (χ4v) is 1.71. The van der Waals surface area contributed by atoms with Crippen LogP contribution in [0.4, 0.5) is 11.4 Å². The van der Waals surface area contributed by atoms with Gasteiger partial charge in [0.2, 0.25) is 0 Å². The van der Waals surface area contributed by atoms with Crippen LogP contribution in [-0.2, 0) is 0 Å². The highest BCUT2D eigenvalue weighted by Crippen LogP contribution is 2.29. The number of hydrogen-bond acceptors (Lipinski definition) is 4. The van der Waals surface area contributed by atoms with Crippen molar-refractivity contribution in [1.29, 1.82) is 0 Å². The molecule has 1 heterocycles. The Morgan fingerprint density at radius 3 is 2.73 bits per heavy atom. The summed E-state index contributed by atoms with van der Waals surface area (Å²) in [6.45, 7) is 5.24. The number of aromatic nitrogens is 1. The van der Waals surface area contributed by atoms with Gasteiger partial charge >= 0.3 is 0 Å². The first-order valence-corrected chi connectivity index (χ1v) is 6.66. The zero-order valence-corrected chi connectivity index (χ0v) is 11.6. The van der Waals surface area contributed by atoms with Gasteiger partial charge in [-0.15, -0.1) is 0 Å². The van der Waals surface area contributed by atoms with Crippen LogP contribution in [0.1, 0.15) is 13.8 Å². The summed E-state index contributed by atoms with van der Waals surface area (Å²) in [6, 6.07) is 0. The molecule has 0 saturated carbocycles. The van der Waals surface area contributed by atoms with Gasteiger partial charge in [0.05, 0.1) is 22.0 Å². The van der Waals surface area contributed by atoms with E-state index in [1.54, 1.807) is 12.4 Å². The van der Waals surface area contributed by atoms with E-state index in [-0.39, 0.29) is 4.75 Å². The molecule has 1 aromatic heterocycles. The van der Waals surface area contributed by atoms with Crippen LogP contribution in [0.2, 0.25) is 0 Å². The van der Waals surface area contributed by atoms with Gasteiger partial charge in [0.1, 0.15) is 0 Å². The molecule has 1 aromatic rings. The quantitative estimate of drug-likeness (QED) is 0.895. The number of nitrogens with zero attached hydrogens (tertiary/aromatic N) is 1. The van der Waals surface area contributed by atoms with Crippen molar-refractivity contribution in [2.24, 2.45) is 0 Å². The van der Waals surface area contributed by atoms with Crippen molar-refractivity contribution in [3.8, 4) is 0 Å². The van der Waals surface area contributed by atoms with E-state index in [4.69, 9.17) is 5.73 Å². The number of pyridine rings is 1. The zero-order chi connectivity index (χ0) is 11.5. The monoisotopic (exact) mass is 289 g/mol. The summed E-state index contributed by atoms with van der Waals surface area (Å²) < 4.78 is 1.09. The molecule has 0 aliphatic rings. The molecule has 84 valence electrons. The molecule has 0 radical (unpaired) electrons. The minimum Gasteiger partial charge on any atom is -0.396 e. The van der Waals surface area contributed by atoms with Crippen LogP contribution in [-0.4, -0.2) is 22.5 Å². The van der Waals surface area contributed by atoms with E-state index in [9.17, 15) is 0 Å². The molecular formula is C10H16BrN3S. The number of hydrogen-bond donors (Lipinski definition) is 2. The SMILES string of the molecule is CSC(C)(C)CNc1c(N)cncc1Br. The zero-order valence-electron chi connectivity index (χ0n) is 9.17. The Balaban J connectivity index is 2.73. The molecule has 0 saturated heterocycles. The molecule has 5 heteroatoms. The fraction of sp³-hybridized carbons (Fsp3) is 0.500. The van der Waals surface area contributed by atoms with Crippen molar-refractivity contribution in [2.45, 2.75) is 18.6 Å². The second-order valence-corrected chi connectivity index (χ2v) is 6.27. The number of nitrogen functional groups attached to an aromatic ring is 1. The Morgan fingerprint density at radius 2 is 2.20 bits per heavy atom. The van der Waals surface area contributed by atoms with Crippen molar-refractivity contribution in [2.75, 3.05) is 23.9 Å². The first-order chi connectivity index (χ1) is 6.96. The van der Waals surface area contributed by atoms with Crippen LogP contribution >= 0.6 is 27.7 Å². The summed E-state index contributed by atoms with van der Waals surface area (Å²) in [4.78, 5) is 3.99. The summed E-state index contributed by atoms with van der Waals surface area (Å²) in [6.07, 6.45) is 5.50. The molecule has 0 unspecified atom stereocenters. The molecule has 0 amide bonds. The largest absolute Gasteiger partial charge is 0.396 e. The minimum absolute atomic E-state index is 0.190. The van der Waals surface area contributed by atoms with Crippen molar-refractivity contribution >= 4 is 39.1 Å². The third-order valence-electron chi connectivity index (χ3n) is 2.17. The molecular weight excluding hydrogens is 274 g/mol. The maximum Gasteiger partial charge on any atom is 0.0750 e. The first-order valence-electron chi connectivity index (χ1n) is 4.64. The van der Waals surface area contributed by atoms with E-state index in [1.165, 1.54) is 0 Å². The second-order valence-electron chi connectivity index (χ2n) is 3.90. The van der Waals surface area contributed by atoms with Gasteiger partial charge < -0.3 is 11.1 Å². The summed E-state index contributed by atoms with van der Waals surface area (Å²) >= 11 is 5.25. The van der Waals surface area contributed by atoms with E-state index in [0.717, 1.165) is 16.7 Å². The van der Waals surface area contributed by atoms with E-state index in [1.807, 2.05) is 11.8 Å². The summed E-state index contributed by atoms with van der Waals surface area (Å²) in [5.74, 6) is 0. The van der Waals surface area contributed by atoms with Gasteiger partial charge in [-0.1, -0.05) is 0 Å². The Hall–Kier alpha value is -0.420. The number of halogens is 1. The Bertz CT molecular complexity index is 321. The van der Waals surface area contributed by atoms with E-state index < -0.39 is 0 Å². The van der Waals surface area contributed by atoms with Crippen molar-refractivity contribution in [3.63, 3.8) is 0 Å². The number of anilines is 2. The van der Waals surface area contributed by atoms with Gasteiger partial charge in [0, 0.05) is 17.5 Å². The minimum atomic E-state index is 0.190. The molecule has 0 bridgehead atoms. The molecule has 1 rings (SSSR count). The highest BCUT2D eigenvalue weighted by molar-refractivity contribution is 9.10. The number of nitrogens with two attached hydrogens (primary N) is 1. The van der Waals surface area contributed by atoms with E-state index in [0.29, 0.717) is 5.69 Å². The highest BCUT2D eigenvalue weighted by Gasteiger charge is 2.16. The number of thioether (sulfide) groups is 1. The van der Waals surface area contributed by atoms with Crippen LogP contribution < -0.4 is 11.1 Å². The summed E-state index contributed by atoms with van der Waals surface area (Å²) in [5.41, 5.74) is 7.42. The molecule has 0 atom stereocenters. The summed E-state index contributed by atoms with van der Waals surface area (Å²) in [5, 5.41) is 3.34. The topological polar surface area (TPSA) is 50.9 Å². The van der Waals surface area contributed by atoms with Crippen LogP contribution in [0.5, 0.6) is 0 Å².